The molecule has 2 heterocycles. The van der Waals surface area contributed by atoms with Gasteiger partial charge in [0.1, 0.15) is 11.6 Å². The second-order valence-corrected chi connectivity index (χ2v) is 5.66. The Hall–Kier alpha value is -2.89. The van der Waals surface area contributed by atoms with E-state index in [-0.39, 0.29) is 18.2 Å². The topological polar surface area (TPSA) is 53.1 Å². The first-order chi connectivity index (χ1) is 12.2. The first-order valence-corrected chi connectivity index (χ1v) is 7.93. The van der Waals surface area contributed by atoms with E-state index in [0.29, 0.717) is 18.2 Å². The van der Waals surface area contributed by atoms with Gasteiger partial charge in [-0.3, -0.25) is 0 Å². The van der Waals surface area contributed by atoms with Gasteiger partial charge < -0.3 is 15.0 Å². The maximum Gasteiger partial charge on any atom is 0.219 e. The lowest BCUT2D eigenvalue weighted by Gasteiger charge is -2.09. The molecule has 0 amide bonds. The van der Waals surface area contributed by atoms with Crippen LogP contribution in [-0.2, 0) is 6.54 Å². The summed E-state index contributed by atoms with van der Waals surface area (Å²) in [6.07, 6.45) is 3.62. The van der Waals surface area contributed by atoms with Crippen LogP contribution in [0.1, 0.15) is 5.56 Å². The molecule has 0 fully saturated rings. The zero-order valence-electron chi connectivity index (χ0n) is 13.8. The summed E-state index contributed by atoms with van der Waals surface area (Å²) in [5.74, 6) is 0.958. The van der Waals surface area contributed by atoms with Crippen molar-refractivity contribution in [2.24, 2.45) is 5.73 Å². The number of rotatable bonds is 4. The summed E-state index contributed by atoms with van der Waals surface area (Å²) in [4.78, 5) is 4.24. The number of hydrogen-bond donors (Lipinski definition) is 1. The molecule has 2 N–H and O–H groups in total. The van der Waals surface area contributed by atoms with Crippen molar-refractivity contribution in [1.82, 2.24) is 9.55 Å². The summed E-state index contributed by atoms with van der Waals surface area (Å²) < 4.78 is 21.1. The maximum absolute atomic E-state index is 13.2. The third-order valence-electron chi connectivity index (χ3n) is 4.05. The highest BCUT2D eigenvalue weighted by Gasteiger charge is 2.09. The van der Waals surface area contributed by atoms with E-state index in [0.717, 1.165) is 22.2 Å². The molecule has 132 valence electrons. The number of hydrogen-bond acceptors (Lipinski definition) is 3. The van der Waals surface area contributed by atoms with Crippen LogP contribution in [0.5, 0.6) is 11.6 Å². The first kappa shape index (κ1) is 17.9. The van der Waals surface area contributed by atoms with Gasteiger partial charge in [-0.05, 0) is 54.1 Å². The lowest BCUT2D eigenvalue weighted by Crippen LogP contribution is -1.97. The molecule has 0 unspecified atom stereocenters. The fourth-order valence-electron chi connectivity index (χ4n) is 2.80. The van der Waals surface area contributed by atoms with Crippen molar-refractivity contribution >= 4 is 23.3 Å². The van der Waals surface area contributed by atoms with Gasteiger partial charge in [0.05, 0.1) is 5.52 Å². The smallest absolute Gasteiger partial charge is 0.219 e. The predicted octanol–water partition coefficient (Wildman–Crippen LogP) is 4.84. The van der Waals surface area contributed by atoms with Crippen LogP contribution >= 0.6 is 12.4 Å². The molecule has 0 aliphatic carbocycles. The summed E-state index contributed by atoms with van der Waals surface area (Å²) in [7, 11) is 0. The van der Waals surface area contributed by atoms with Crippen LogP contribution in [0.15, 0.2) is 73.1 Å². The minimum absolute atomic E-state index is 0. The Morgan fingerprint density at radius 3 is 2.62 bits per heavy atom. The van der Waals surface area contributed by atoms with E-state index in [4.69, 9.17) is 10.5 Å². The number of fused-ring (bicyclic) bond motifs is 1. The number of benzene rings is 2. The standard InChI is InChI=1S/C20H16FN3O.ClH/c21-15-4-6-16(7-5-15)24-11-9-17-18(24)2-1-3-19(17)25-20-12-14(13-22)8-10-23-20;/h1-12H,13,22H2;1H. The largest absolute Gasteiger partial charge is 0.438 e. The molecule has 6 heteroatoms. The summed E-state index contributed by atoms with van der Waals surface area (Å²) in [6.45, 7) is 0.435. The van der Waals surface area contributed by atoms with Crippen LogP contribution < -0.4 is 10.5 Å². The average molecular weight is 370 g/mol. The van der Waals surface area contributed by atoms with Gasteiger partial charge in [-0.25, -0.2) is 9.37 Å². The van der Waals surface area contributed by atoms with Crippen molar-refractivity contribution in [3.05, 3.63) is 84.4 Å². The Labute approximate surface area is 156 Å². The van der Waals surface area contributed by atoms with E-state index in [1.54, 1.807) is 18.3 Å². The molecule has 0 bridgehead atoms. The highest BCUT2D eigenvalue weighted by molar-refractivity contribution is 5.88. The SMILES string of the molecule is Cl.NCc1ccnc(Oc2cccc3c2ccn3-c2ccc(F)cc2)c1. The minimum Gasteiger partial charge on any atom is -0.438 e. The first-order valence-electron chi connectivity index (χ1n) is 7.93. The van der Waals surface area contributed by atoms with Crippen LogP contribution in [0, 0.1) is 5.82 Å². The molecule has 0 saturated heterocycles. The molecule has 0 radical (unpaired) electrons. The van der Waals surface area contributed by atoms with Gasteiger partial charge in [0.2, 0.25) is 5.88 Å². The molecule has 0 saturated carbocycles. The Morgan fingerprint density at radius 2 is 1.85 bits per heavy atom. The van der Waals surface area contributed by atoms with Crippen molar-refractivity contribution in [3.8, 4) is 17.3 Å². The third kappa shape index (κ3) is 3.40. The van der Waals surface area contributed by atoms with Crippen LogP contribution in [-0.4, -0.2) is 9.55 Å². The van der Waals surface area contributed by atoms with Crippen molar-refractivity contribution in [1.29, 1.82) is 0 Å². The lowest BCUT2D eigenvalue weighted by molar-refractivity contribution is 0.467. The molecule has 2 aromatic carbocycles. The van der Waals surface area contributed by atoms with E-state index >= 15 is 0 Å². The fraction of sp³-hybridized carbons (Fsp3) is 0.0500. The van der Waals surface area contributed by atoms with Crippen LogP contribution in [0.4, 0.5) is 4.39 Å². The van der Waals surface area contributed by atoms with Gasteiger partial charge in [-0.2, -0.15) is 0 Å². The molecule has 4 aromatic rings. The monoisotopic (exact) mass is 369 g/mol. The Balaban J connectivity index is 0.00000196. The number of nitrogens with two attached hydrogens (primary N) is 1. The molecular formula is C20H17ClFN3O. The second kappa shape index (κ2) is 7.56. The third-order valence-corrected chi connectivity index (χ3v) is 4.05. The number of nitrogens with zero attached hydrogens (tertiary/aromatic N) is 2. The van der Waals surface area contributed by atoms with E-state index < -0.39 is 0 Å². The molecule has 26 heavy (non-hydrogen) atoms. The molecule has 0 spiro atoms. The predicted molar refractivity (Wildman–Crippen MR) is 103 cm³/mol. The van der Waals surface area contributed by atoms with Crippen LogP contribution in [0.2, 0.25) is 0 Å². The quantitative estimate of drug-likeness (QED) is 0.560. The lowest BCUT2D eigenvalue weighted by atomic mass is 10.2. The summed E-state index contributed by atoms with van der Waals surface area (Å²) in [5.41, 5.74) is 8.48. The summed E-state index contributed by atoms with van der Waals surface area (Å²) in [6, 6.07) is 17.9. The number of pyridine rings is 1. The van der Waals surface area contributed by atoms with Crippen molar-refractivity contribution < 1.29 is 9.13 Å². The average Bonchev–Trinajstić information content (AvgIpc) is 3.08. The highest BCUT2D eigenvalue weighted by atomic mass is 35.5. The summed E-state index contributed by atoms with van der Waals surface area (Å²) >= 11 is 0. The van der Waals surface area contributed by atoms with E-state index in [9.17, 15) is 4.39 Å². The fourth-order valence-corrected chi connectivity index (χ4v) is 2.80. The van der Waals surface area contributed by atoms with Gasteiger partial charge in [0, 0.05) is 36.1 Å². The molecule has 0 aliphatic rings. The zero-order valence-corrected chi connectivity index (χ0v) is 14.6. The van der Waals surface area contributed by atoms with Gasteiger partial charge >= 0.3 is 0 Å². The Kier molecular flexibility index (Phi) is 5.21. The molecule has 0 atom stereocenters. The normalized spacial score (nSPS) is 10.5. The molecule has 4 rings (SSSR count). The molecular weight excluding hydrogens is 353 g/mol. The van der Waals surface area contributed by atoms with Crippen LogP contribution in [0.25, 0.3) is 16.6 Å². The van der Waals surface area contributed by atoms with Gasteiger partial charge in [-0.15, -0.1) is 12.4 Å². The maximum atomic E-state index is 13.2. The molecule has 2 aromatic heterocycles. The molecule has 4 nitrogen and oxygen atoms in total. The Bertz CT molecular complexity index is 1030. The van der Waals surface area contributed by atoms with Gasteiger partial charge in [-0.1, -0.05) is 6.07 Å². The van der Waals surface area contributed by atoms with Crippen LogP contribution in [0.3, 0.4) is 0 Å². The number of halogens is 2. The van der Waals surface area contributed by atoms with E-state index in [2.05, 4.69) is 4.98 Å². The number of ether oxygens (including phenoxy) is 1. The highest BCUT2D eigenvalue weighted by Crippen LogP contribution is 2.31. The zero-order chi connectivity index (χ0) is 17.2. The van der Waals surface area contributed by atoms with Crippen molar-refractivity contribution in [2.75, 3.05) is 0 Å². The minimum atomic E-state index is -0.255. The van der Waals surface area contributed by atoms with Crippen molar-refractivity contribution in [3.63, 3.8) is 0 Å². The van der Waals surface area contributed by atoms with Crippen molar-refractivity contribution in [2.45, 2.75) is 6.54 Å². The van der Waals surface area contributed by atoms with E-state index in [1.165, 1.54) is 12.1 Å². The van der Waals surface area contributed by atoms with E-state index in [1.807, 2.05) is 47.2 Å². The number of aromatic nitrogens is 2. The Morgan fingerprint density at radius 1 is 1.04 bits per heavy atom. The van der Waals surface area contributed by atoms with Gasteiger partial charge in [0.15, 0.2) is 0 Å². The molecule has 0 aliphatic heterocycles. The summed E-state index contributed by atoms with van der Waals surface area (Å²) in [5, 5.41) is 0.951. The van der Waals surface area contributed by atoms with Gasteiger partial charge in [0.25, 0.3) is 0 Å². The second-order valence-electron chi connectivity index (χ2n) is 5.66.